The third-order valence-corrected chi connectivity index (χ3v) is 3.85. The van der Waals surface area contributed by atoms with E-state index in [4.69, 9.17) is 5.11 Å². The highest BCUT2D eigenvalue weighted by Gasteiger charge is 2.21. The summed E-state index contributed by atoms with van der Waals surface area (Å²) < 4.78 is 0. The molecule has 0 fully saturated rings. The van der Waals surface area contributed by atoms with Gasteiger partial charge in [0, 0.05) is 5.38 Å². The molecule has 2 aromatic heterocycles. The highest BCUT2D eigenvalue weighted by Crippen LogP contribution is 2.30. The summed E-state index contributed by atoms with van der Waals surface area (Å²) in [6.07, 6.45) is -0.948. The van der Waals surface area contributed by atoms with Gasteiger partial charge < -0.3 is 10.2 Å². The topological polar surface area (TPSA) is 70.4 Å². The minimum atomic E-state index is -1.03. The summed E-state index contributed by atoms with van der Waals surface area (Å²) in [7, 11) is 0. The second-order valence-corrected chi connectivity index (χ2v) is 5.21. The third kappa shape index (κ3) is 1.99. The van der Waals surface area contributed by atoms with Gasteiger partial charge >= 0.3 is 5.97 Å². The Labute approximate surface area is 99.8 Å². The van der Waals surface area contributed by atoms with Gasteiger partial charge in [0.2, 0.25) is 0 Å². The van der Waals surface area contributed by atoms with E-state index in [1.165, 1.54) is 28.7 Å². The number of nitrogens with zero attached hydrogens (tertiary/aromatic N) is 1. The molecule has 0 saturated carbocycles. The van der Waals surface area contributed by atoms with Crippen LogP contribution in [0.2, 0.25) is 0 Å². The summed E-state index contributed by atoms with van der Waals surface area (Å²) in [5.41, 5.74) is 0.649. The number of aliphatic hydroxyl groups excluding tert-OH is 1. The minimum absolute atomic E-state index is 0.142. The van der Waals surface area contributed by atoms with Crippen LogP contribution in [0.5, 0.6) is 0 Å². The van der Waals surface area contributed by atoms with Crippen LogP contribution in [-0.4, -0.2) is 21.2 Å². The fourth-order valence-corrected chi connectivity index (χ4v) is 2.86. The smallest absolute Gasteiger partial charge is 0.336 e. The van der Waals surface area contributed by atoms with Crippen molar-refractivity contribution < 1.29 is 15.0 Å². The molecule has 0 aromatic carbocycles. The van der Waals surface area contributed by atoms with Gasteiger partial charge in [0.25, 0.3) is 0 Å². The number of aromatic nitrogens is 1. The molecule has 0 spiro atoms. The quantitative estimate of drug-likeness (QED) is 0.882. The molecule has 1 unspecified atom stereocenters. The van der Waals surface area contributed by atoms with E-state index in [-0.39, 0.29) is 5.56 Å². The molecule has 0 radical (unpaired) electrons. The maximum atomic E-state index is 10.9. The summed E-state index contributed by atoms with van der Waals surface area (Å²) in [5, 5.41) is 23.2. The van der Waals surface area contributed by atoms with Crippen molar-refractivity contribution >= 4 is 28.6 Å². The summed E-state index contributed by atoms with van der Waals surface area (Å²) in [6, 6.07) is 1.49. The van der Waals surface area contributed by atoms with E-state index < -0.39 is 12.1 Å². The van der Waals surface area contributed by atoms with Gasteiger partial charge in [-0.3, -0.25) is 0 Å². The zero-order chi connectivity index (χ0) is 11.7. The van der Waals surface area contributed by atoms with Gasteiger partial charge in [-0.2, -0.15) is 0 Å². The fourth-order valence-electron chi connectivity index (χ4n) is 1.35. The number of aromatic carboxylic acids is 1. The molecule has 0 amide bonds. The highest BCUT2D eigenvalue weighted by molar-refractivity contribution is 7.10. The molecule has 84 valence electrons. The average Bonchev–Trinajstić information content (AvgIpc) is 2.84. The van der Waals surface area contributed by atoms with Crippen molar-refractivity contribution in [2.24, 2.45) is 0 Å². The summed E-state index contributed by atoms with van der Waals surface area (Å²) in [4.78, 5) is 15.5. The molecule has 16 heavy (non-hydrogen) atoms. The van der Waals surface area contributed by atoms with Crippen molar-refractivity contribution in [2.75, 3.05) is 0 Å². The van der Waals surface area contributed by atoms with E-state index in [1.54, 1.807) is 10.8 Å². The Morgan fingerprint density at radius 3 is 2.81 bits per heavy atom. The van der Waals surface area contributed by atoms with Crippen molar-refractivity contribution in [3.05, 3.63) is 38.0 Å². The second-order valence-electron chi connectivity index (χ2n) is 3.20. The molecule has 0 bridgehead atoms. The predicted molar refractivity (Wildman–Crippen MR) is 62.2 cm³/mol. The number of thiazole rings is 1. The van der Waals surface area contributed by atoms with Crippen LogP contribution in [0.3, 0.4) is 0 Å². The molecule has 2 heterocycles. The van der Waals surface area contributed by atoms with Crippen molar-refractivity contribution in [1.29, 1.82) is 0 Å². The zero-order valence-electron chi connectivity index (χ0n) is 8.38. The van der Waals surface area contributed by atoms with Gasteiger partial charge in [-0.25, -0.2) is 9.78 Å². The maximum Gasteiger partial charge on any atom is 0.336 e. The van der Waals surface area contributed by atoms with Gasteiger partial charge in [-0.05, 0) is 18.4 Å². The monoisotopic (exact) mass is 255 g/mol. The lowest BCUT2D eigenvalue weighted by molar-refractivity contribution is 0.0692. The van der Waals surface area contributed by atoms with Crippen LogP contribution in [0.4, 0.5) is 0 Å². The molecule has 6 heteroatoms. The van der Waals surface area contributed by atoms with E-state index in [0.29, 0.717) is 10.6 Å². The lowest BCUT2D eigenvalue weighted by Crippen LogP contribution is -2.05. The molecule has 2 rings (SSSR count). The molecule has 4 nitrogen and oxygen atoms in total. The van der Waals surface area contributed by atoms with Crippen LogP contribution in [-0.2, 0) is 0 Å². The first-order valence-electron chi connectivity index (χ1n) is 4.50. The van der Waals surface area contributed by atoms with Crippen molar-refractivity contribution in [3.8, 4) is 0 Å². The van der Waals surface area contributed by atoms with Crippen LogP contribution in [0.15, 0.2) is 16.8 Å². The van der Waals surface area contributed by atoms with E-state index in [9.17, 15) is 9.90 Å². The second kappa shape index (κ2) is 4.32. The number of aliphatic hydroxyl groups is 1. The lowest BCUT2D eigenvalue weighted by Gasteiger charge is -2.06. The number of hydrogen-bond donors (Lipinski definition) is 2. The predicted octanol–water partition coefficient (Wildman–Crippen LogP) is 2.29. The summed E-state index contributed by atoms with van der Waals surface area (Å²) >= 11 is 2.65. The Bertz CT molecular complexity index is 518. The number of thiophene rings is 1. The summed E-state index contributed by atoms with van der Waals surface area (Å²) in [6.45, 7) is 1.84. The average molecular weight is 255 g/mol. The number of carboxylic acids is 1. The number of carbonyl (C=O) groups is 1. The zero-order valence-corrected chi connectivity index (χ0v) is 10.0. The fraction of sp³-hybridized carbons (Fsp3) is 0.200. The molecule has 0 aliphatic carbocycles. The third-order valence-electron chi connectivity index (χ3n) is 2.09. The molecular formula is C10H9NO3S2. The number of aryl methyl sites for hydroxylation is 1. The highest BCUT2D eigenvalue weighted by atomic mass is 32.1. The van der Waals surface area contributed by atoms with Crippen LogP contribution in [0, 0.1) is 6.92 Å². The molecule has 0 aliphatic heterocycles. The standard InChI is InChI=1S/C10H9NO3S2/c1-5-11-7(4-16-5)8(12)9-6(10(13)14)2-3-15-9/h2-4,8,12H,1H3,(H,13,14). The Kier molecular flexibility index (Phi) is 3.04. The molecule has 2 aromatic rings. The van der Waals surface area contributed by atoms with Crippen LogP contribution < -0.4 is 0 Å². The van der Waals surface area contributed by atoms with Gasteiger partial charge in [-0.1, -0.05) is 0 Å². The van der Waals surface area contributed by atoms with E-state index in [2.05, 4.69) is 4.98 Å². The first kappa shape index (κ1) is 11.3. The van der Waals surface area contributed by atoms with E-state index in [1.807, 2.05) is 6.92 Å². The summed E-state index contributed by atoms with van der Waals surface area (Å²) in [5.74, 6) is -1.03. The van der Waals surface area contributed by atoms with Crippen LogP contribution in [0.25, 0.3) is 0 Å². The molecule has 0 aliphatic rings. The molecule has 1 atom stereocenters. The number of rotatable bonds is 3. The SMILES string of the molecule is Cc1nc(C(O)c2sccc2C(=O)O)cs1. The van der Waals surface area contributed by atoms with E-state index >= 15 is 0 Å². The van der Waals surface area contributed by atoms with Crippen molar-refractivity contribution in [1.82, 2.24) is 4.98 Å². The lowest BCUT2D eigenvalue weighted by atomic mass is 10.1. The molecular weight excluding hydrogens is 246 g/mol. The Morgan fingerprint density at radius 2 is 2.25 bits per heavy atom. The van der Waals surface area contributed by atoms with Gasteiger partial charge in [-0.15, -0.1) is 22.7 Å². The Morgan fingerprint density at radius 1 is 1.50 bits per heavy atom. The first-order valence-corrected chi connectivity index (χ1v) is 6.26. The van der Waals surface area contributed by atoms with Gasteiger partial charge in [0.1, 0.15) is 6.10 Å². The maximum absolute atomic E-state index is 10.9. The van der Waals surface area contributed by atoms with Crippen LogP contribution in [0.1, 0.15) is 32.0 Å². The van der Waals surface area contributed by atoms with E-state index in [0.717, 1.165) is 5.01 Å². The Hall–Kier alpha value is -1.24. The normalized spacial score (nSPS) is 12.6. The van der Waals surface area contributed by atoms with Crippen LogP contribution >= 0.6 is 22.7 Å². The molecule has 2 N–H and O–H groups in total. The minimum Gasteiger partial charge on any atom is -0.478 e. The largest absolute Gasteiger partial charge is 0.478 e. The van der Waals surface area contributed by atoms with Gasteiger partial charge in [0.15, 0.2) is 0 Å². The van der Waals surface area contributed by atoms with Crippen molar-refractivity contribution in [3.63, 3.8) is 0 Å². The van der Waals surface area contributed by atoms with Gasteiger partial charge in [0.05, 0.1) is 21.1 Å². The number of carboxylic acid groups (broad SMARTS) is 1. The first-order chi connectivity index (χ1) is 7.59. The Balaban J connectivity index is 2.37. The number of hydrogen-bond acceptors (Lipinski definition) is 5. The molecule has 0 saturated heterocycles. The van der Waals surface area contributed by atoms with Crippen molar-refractivity contribution in [2.45, 2.75) is 13.0 Å².